The van der Waals surface area contributed by atoms with E-state index in [9.17, 15) is 14.3 Å². The van der Waals surface area contributed by atoms with Gasteiger partial charge in [0.1, 0.15) is 17.2 Å². The van der Waals surface area contributed by atoms with Gasteiger partial charge < -0.3 is 19.8 Å². The monoisotopic (exact) mass is 568 g/mol. The summed E-state index contributed by atoms with van der Waals surface area (Å²) in [4.78, 5) is 24.8. The van der Waals surface area contributed by atoms with Crippen molar-refractivity contribution in [2.75, 3.05) is 62.7 Å². The van der Waals surface area contributed by atoms with Crippen LogP contribution in [-0.4, -0.2) is 98.9 Å². The third-order valence-corrected chi connectivity index (χ3v) is 8.28. The first kappa shape index (κ1) is 26.5. The molecule has 2 aromatic heterocycles. The number of amides is 1. The molecule has 1 N–H and O–H groups in total. The van der Waals surface area contributed by atoms with E-state index in [0.29, 0.717) is 80.1 Å². The van der Waals surface area contributed by atoms with Crippen molar-refractivity contribution in [3.8, 4) is 11.4 Å². The number of hydrogen-bond donors (Lipinski definition) is 1. The fourth-order valence-corrected chi connectivity index (χ4v) is 5.84. The number of aryl methyl sites for hydroxylation is 1. The van der Waals surface area contributed by atoms with Crippen LogP contribution in [0.2, 0.25) is 0 Å². The van der Waals surface area contributed by atoms with Crippen LogP contribution in [0.3, 0.4) is 0 Å². The molecule has 4 aromatic rings. The summed E-state index contributed by atoms with van der Waals surface area (Å²) in [5, 5.41) is 15.3. The number of rotatable bonds is 7. The highest BCUT2D eigenvalue weighted by atomic mass is 32.1. The van der Waals surface area contributed by atoms with E-state index in [-0.39, 0.29) is 17.2 Å². The number of piperazine rings is 1. The molecule has 1 amide bonds. The Morgan fingerprint density at radius 3 is 2.52 bits per heavy atom. The normalized spacial score (nSPS) is 16.5. The molecule has 2 fully saturated rings. The van der Waals surface area contributed by atoms with Gasteiger partial charge in [-0.25, -0.2) is 13.5 Å². The minimum absolute atomic E-state index is 0.0325. The van der Waals surface area contributed by atoms with Gasteiger partial charge in [0.05, 0.1) is 12.6 Å². The van der Waals surface area contributed by atoms with Gasteiger partial charge in [0.15, 0.2) is 11.6 Å². The van der Waals surface area contributed by atoms with Crippen LogP contribution in [0.25, 0.3) is 22.3 Å². The highest BCUT2D eigenvalue weighted by Gasteiger charge is 2.31. The molecule has 2 saturated heterocycles. The van der Waals surface area contributed by atoms with Gasteiger partial charge in [-0.05, 0) is 43.3 Å². The number of aliphatic hydroxyl groups is 1. The second-order valence-electron chi connectivity index (χ2n) is 10.1. The molecule has 40 heavy (non-hydrogen) atoms. The fraction of sp³-hybridized carbons (Fsp3) is 0.407. The van der Waals surface area contributed by atoms with Crippen molar-refractivity contribution in [3.05, 3.63) is 48.0 Å². The van der Waals surface area contributed by atoms with Gasteiger partial charge in [-0.2, -0.15) is 14.5 Å². The lowest BCUT2D eigenvalue weighted by Crippen LogP contribution is -2.57. The molecule has 0 saturated carbocycles. The first-order chi connectivity index (χ1) is 19.3. The Kier molecular flexibility index (Phi) is 7.11. The van der Waals surface area contributed by atoms with Gasteiger partial charge in [0.25, 0.3) is 0 Å². The van der Waals surface area contributed by atoms with Crippen LogP contribution in [0.15, 0.2) is 36.4 Å². The van der Waals surface area contributed by atoms with Crippen LogP contribution in [0, 0.1) is 11.6 Å². The SMILES string of the molecule is CCn1nc2c(F)cc(N3CCN(CC(=O)N4CC(O)C4)CC3)cc2c1N(C)c1nc(-c2ccc(F)cc2)ns1. The van der Waals surface area contributed by atoms with Crippen LogP contribution in [-0.2, 0) is 11.3 Å². The summed E-state index contributed by atoms with van der Waals surface area (Å²) in [6.45, 7) is 6.31. The molecule has 6 rings (SSSR count). The van der Waals surface area contributed by atoms with Crippen molar-refractivity contribution in [2.24, 2.45) is 0 Å². The van der Waals surface area contributed by atoms with E-state index in [1.807, 2.05) is 24.9 Å². The molecule has 0 atom stereocenters. The number of benzene rings is 2. The molecular formula is C27H30F2N8O2S. The Morgan fingerprint density at radius 1 is 1.12 bits per heavy atom. The molecule has 13 heteroatoms. The quantitative estimate of drug-likeness (QED) is 0.364. The molecule has 0 unspecified atom stereocenters. The number of aliphatic hydroxyl groups excluding tert-OH is 1. The van der Waals surface area contributed by atoms with E-state index in [1.165, 1.54) is 29.7 Å². The number of halogens is 2. The van der Waals surface area contributed by atoms with Crippen molar-refractivity contribution in [1.82, 2.24) is 28.9 Å². The van der Waals surface area contributed by atoms with Gasteiger partial charge in [-0.15, -0.1) is 0 Å². The van der Waals surface area contributed by atoms with Crippen molar-refractivity contribution < 1.29 is 18.7 Å². The molecule has 2 aliphatic rings. The predicted molar refractivity (Wildman–Crippen MR) is 150 cm³/mol. The lowest BCUT2D eigenvalue weighted by molar-refractivity contribution is -0.142. The zero-order valence-electron chi connectivity index (χ0n) is 22.3. The van der Waals surface area contributed by atoms with Crippen LogP contribution in [0.4, 0.5) is 25.4 Å². The highest BCUT2D eigenvalue weighted by molar-refractivity contribution is 7.10. The highest BCUT2D eigenvalue weighted by Crippen LogP contribution is 2.37. The Hall–Kier alpha value is -3.68. The Morgan fingerprint density at radius 2 is 1.85 bits per heavy atom. The number of aromatic nitrogens is 4. The minimum atomic E-state index is -0.407. The first-order valence-corrected chi connectivity index (χ1v) is 14.0. The molecular weight excluding hydrogens is 538 g/mol. The second-order valence-corrected chi connectivity index (χ2v) is 10.9. The number of anilines is 3. The topological polar surface area (TPSA) is 93.9 Å². The smallest absolute Gasteiger partial charge is 0.236 e. The number of carbonyl (C=O) groups excluding carboxylic acids is 1. The summed E-state index contributed by atoms with van der Waals surface area (Å²) < 4.78 is 35.0. The molecule has 10 nitrogen and oxygen atoms in total. The van der Waals surface area contributed by atoms with Crippen LogP contribution in [0.5, 0.6) is 0 Å². The molecule has 2 aromatic carbocycles. The van der Waals surface area contributed by atoms with E-state index in [4.69, 9.17) is 0 Å². The predicted octanol–water partition coefficient (Wildman–Crippen LogP) is 2.95. The van der Waals surface area contributed by atoms with Crippen LogP contribution >= 0.6 is 11.5 Å². The summed E-state index contributed by atoms with van der Waals surface area (Å²) in [6.07, 6.45) is -0.407. The van der Waals surface area contributed by atoms with Crippen LogP contribution < -0.4 is 9.80 Å². The van der Waals surface area contributed by atoms with Gasteiger partial charge in [0, 0.05) is 81.0 Å². The third-order valence-electron chi connectivity index (χ3n) is 7.49. The molecule has 0 aliphatic carbocycles. The number of carbonyl (C=O) groups is 1. The molecule has 4 heterocycles. The maximum Gasteiger partial charge on any atom is 0.236 e. The Labute approximate surface area is 234 Å². The van der Waals surface area contributed by atoms with Gasteiger partial charge in [0.2, 0.25) is 11.0 Å². The molecule has 210 valence electrons. The van der Waals surface area contributed by atoms with Crippen molar-refractivity contribution in [1.29, 1.82) is 0 Å². The van der Waals surface area contributed by atoms with Crippen LogP contribution in [0.1, 0.15) is 6.92 Å². The zero-order valence-corrected chi connectivity index (χ0v) is 23.1. The van der Waals surface area contributed by atoms with Gasteiger partial charge >= 0.3 is 0 Å². The molecule has 0 bridgehead atoms. The summed E-state index contributed by atoms with van der Waals surface area (Å²) in [7, 11) is 1.86. The Balaban J connectivity index is 1.23. The molecule has 0 spiro atoms. The van der Waals surface area contributed by atoms with Gasteiger partial charge in [-0.1, -0.05) is 0 Å². The second kappa shape index (κ2) is 10.7. The molecule has 2 aliphatic heterocycles. The lowest BCUT2D eigenvalue weighted by atomic mass is 10.1. The summed E-state index contributed by atoms with van der Waals surface area (Å²) in [5.41, 5.74) is 1.76. The maximum atomic E-state index is 15.4. The van der Waals surface area contributed by atoms with E-state index < -0.39 is 11.9 Å². The Bertz CT molecular complexity index is 1530. The van der Waals surface area contributed by atoms with Gasteiger partial charge in [-0.3, -0.25) is 9.69 Å². The average Bonchev–Trinajstić information content (AvgIpc) is 3.57. The molecule has 0 radical (unpaired) electrons. The summed E-state index contributed by atoms with van der Waals surface area (Å²) in [6, 6.07) is 9.52. The zero-order chi connectivity index (χ0) is 28.0. The fourth-order valence-electron chi connectivity index (χ4n) is 5.19. The van der Waals surface area contributed by atoms with Crippen molar-refractivity contribution in [2.45, 2.75) is 19.6 Å². The van der Waals surface area contributed by atoms with E-state index in [2.05, 4.69) is 24.3 Å². The largest absolute Gasteiger partial charge is 0.389 e. The van der Waals surface area contributed by atoms with Crippen molar-refractivity contribution >= 4 is 45.0 Å². The number of likely N-dealkylation sites (tertiary alicyclic amines) is 1. The summed E-state index contributed by atoms with van der Waals surface area (Å²) >= 11 is 1.21. The standard InChI is InChI=1S/C27H30F2N8O2S/c1-3-37-26(33(2)27-30-25(32-40-27)17-4-6-18(28)7-5-17)21-12-19(13-22(29)24(21)31-37)35-10-8-34(9-11-35)16-23(39)36-14-20(38)15-36/h4-7,12-13,20,38H,3,8-11,14-16H2,1-2H3. The van der Waals surface area contributed by atoms with E-state index in [1.54, 1.807) is 21.7 Å². The number of hydrogen-bond acceptors (Lipinski definition) is 9. The number of β-amino-alcohol motifs (C(OH)–C–C–N with tert-alkyl or cyclic N) is 1. The first-order valence-electron chi connectivity index (χ1n) is 13.3. The van der Waals surface area contributed by atoms with Crippen molar-refractivity contribution in [3.63, 3.8) is 0 Å². The number of nitrogens with zero attached hydrogens (tertiary/aromatic N) is 8. The maximum absolute atomic E-state index is 15.4. The number of fused-ring (bicyclic) bond motifs is 1. The van der Waals surface area contributed by atoms with E-state index in [0.717, 1.165) is 5.69 Å². The average molecular weight is 569 g/mol. The lowest BCUT2D eigenvalue weighted by Gasteiger charge is -2.39. The minimum Gasteiger partial charge on any atom is -0.389 e. The summed E-state index contributed by atoms with van der Waals surface area (Å²) in [5.74, 6) is 0.515. The third kappa shape index (κ3) is 5.00. The van der Waals surface area contributed by atoms with E-state index >= 15 is 4.39 Å².